The Labute approximate surface area is 177 Å². The third-order valence-electron chi connectivity index (χ3n) is 5.88. The number of sulfone groups is 1. The molecule has 0 saturated carbocycles. The predicted molar refractivity (Wildman–Crippen MR) is 118 cm³/mol. The lowest BCUT2D eigenvalue weighted by molar-refractivity contribution is 0.0504. The Kier molecular flexibility index (Phi) is 5.60. The number of fused-ring (bicyclic) bond motifs is 1. The predicted octanol–water partition coefficient (Wildman–Crippen LogP) is 4.61. The minimum Gasteiger partial charge on any atom is -0.332 e. The number of pyridine rings is 1. The number of likely N-dealkylation sites (tertiary alicyclic amines) is 1. The highest BCUT2D eigenvalue weighted by Crippen LogP contribution is 2.27. The van der Waals surface area contributed by atoms with E-state index in [4.69, 9.17) is 0 Å². The lowest BCUT2D eigenvalue weighted by Crippen LogP contribution is -2.47. The van der Waals surface area contributed by atoms with E-state index >= 15 is 0 Å². The monoisotopic (exact) mass is 422 g/mol. The molecule has 30 heavy (non-hydrogen) atoms. The fourth-order valence-electron chi connectivity index (χ4n) is 4.37. The summed E-state index contributed by atoms with van der Waals surface area (Å²) in [4.78, 5) is 19.7. The Balaban J connectivity index is 1.63. The van der Waals surface area contributed by atoms with Gasteiger partial charge in [-0.3, -0.25) is 4.79 Å². The highest BCUT2D eigenvalue weighted by atomic mass is 32.2. The van der Waals surface area contributed by atoms with Crippen LogP contribution < -0.4 is 0 Å². The molecule has 0 N–H and O–H groups in total. The Morgan fingerprint density at radius 3 is 2.40 bits per heavy atom. The molecule has 6 heteroatoms. The molecule has 156 valence electrons. The summed E-state index contributed by atoms with van der Waals surface area (Å²) >= 11 is 0. The zero-order chi connectivity index (χ0) is 21.3. The van der Waals surface area contributed by atoms with Gasteiger partial charge in [-0.2, -0.15) is 0 Å². The summed E-state index contributed by atoms with van der Waals surface area (Å²) in [6.07, 6.45) is 3.07. The molecule has 1 aliphatic heterocycles. The molecule has 1 amide bonds. The smallest absolute Gasteiger partial charge is 0.272 e. The van der Waals surface area contributed by atoms with Crippen molar-refractivity contribution < 1.29 is 13.2 Å². The number of carbonyl (C=O) groups excluding carboxylic acids is 1. The van der Waals surface area contributed by atoms with Gasteiger partial charge in [0.05, 0.1) is 16.3 Å². The van der Waals surface area contributed by atoms with E-state index in [1.807, 2.05) is 35.2 Å². The number of hydrogen-bond acceptors (Lipinski definition) is 4. The second-order valence-electron chi connectivity index (χ2n) is 8.09. The normalized spacial score (nSPS) is 19.7. The number of aromatic nitrogens is 1. The van der Waals surface area contributed by atoms with E-state index in [2.05, 4.69) is 18.8 Å². The van der Waals surface area contributed by atoms with Crippen LogP contribution in [0, 0.1) is 0 Å². The molecule has 4 rings (SSSR count). The van der Waals surface area contributed by atoms with E-state index in [-0.39, 0.29) is 28.6 Å². The maximum atomic E-state index is 13.2. The Morgan fingerprint density at radius 1 is 0.967 bits per heavy atom. The van der Waals surface area contributed by atoms with Gasteiger partial charge in [0, 0.05) is 17.5 Å². The largest absolute Gasteiger partial charge is 0.332 e. The van der Waals surface area contributed by atoms with Crippen LogP contribution in [0.1, 0.15) is 49.3 Å². The van der Waals surface area contributed by atoms with Crippen LogP contribution >= 0.6 is 0 Å². The summed E-state index contributed by atoms with van der Waals surface area (Å²) in [5.74, 6) is -0.369. The fraction of sp³-hybridized carbons (Fsp3) is 0.333. The van der Waals surface area contributed by atoms with Crippen LogP contribution in [0.25, 0.3) is 10.8 Å². The molecular formula is C24H26N2O3S. The number of nitrogens with zero attached hydrogens (tertiary/aromatic N) is 2. The van der Waals surface area contributed by atoms with Crippen LogP contribution in [0.15, 0.2) is 65.6 Å². The number of benzene rings is 2. The van der Waals surface area contributed by atoms with E-state index in [1.165, 1.54) is 0 Å². The molecule has 1 fully saturated rings. The quantitative estimate of drug-likeness (QED) is 0.616. The first-order valence-electron chi connectivity index (χ1n) is 10.4. The number of hydrogen-bond donors (Lipinski definition) is 0. The second kappa shape index (κ2) is 8.19. The van der Waals surface area contributed by atoms with Gasteiger partial charge < -0.3 is 4.90 Å². The summed E-state index contributed by atoms with van der Waals surface area (Å²) in [5.41, 5.74) is 0.687. The van der Waals surface area contributed by atoms with Gasteiger partial charge in [-0.1, -0.05) is 42.5 Å². The van der Waals surface area contributed by atoms with Crippen molar-refractivity contribution in [3.63, 3.8) is 0 Å². The van der Waals surface area contributed by atoms with E-state index in [1.54, 1.807) is 30.3 Å². The van der Waals surface area contributed by atoms with Crippen molar-refractivity contribution in [3.8, 4) is 0 Å². The third kappa shape index (κ3) is 3.97. The van der Waals surface area contributed by atoms with Gasteiger partial charge in [0.1, 0.15) is 5.69 Å². The van der Waals surface area contributed by atoms with Crippen LogP contribution in [-0.4, -0.2) is 36.3 Å². The van der Waals surface area contributed by atoms with Gasteiger partial charge in [0.15, 0.2) is 9.84 Å². The zero-order valence-corrected chi connectivity index (χ0v) is 18.1. The van der Waals surface area contributed by atoms with Gasteiger partial charge >= 0.3 is 0 Å². The standard InChI is InChI=1S/C24H26N2O3S/c1-17-8-5-9-18(2)26(17)24(27)22-14-7-12-20(25-22)16-30(28,29)23-15-6-11-19-10-3-4-13-21(19)23/h3-4,6-7,10-15,17-18H,5,8-9,16H2,1-2H3/t17-,18+. The molecule has 1 saturated heterocycles. The molecule has 0 unspecified atom stereocenters. The Hall–Kier alpha value is -2.73. The second-order valence-corrected chi connectivity index (χ2v) is 10.0. The SMILES string of the molecule is C[C@@H]1CCC[C@H](C)N1C(=O)c1cccc(CS(=O)(=O)c2cccc3ccccc23)n1. The highest BCUT2D eigenvalue weighted by molar-refractivity contribution is 7.90. The first-order chi connectivity index (χ1) is 14.4. The molecule has 0 bridgehead atoms. The molecule has 0 spiro atoms. The van der Waals surface area contributed by atoms with Gasteiger partial charge in [0.25, 0.3) is 5.91 Å². The Bertz CT molecular complexity index is 1170. The molecule has 0 radical (unpaired) electrons. The lowest BCUT2D eigenvalue weighted by Gasteiger charge is -2.38. The summed E-state index contributed by atoms with van der Waals surface area (Å²) in [6.45, 7) is 4.12. The molecule has 1 aliphatic rings. The molecule has 2 heterocycles. The molecule has 5 nitrogen and oxygen atoms in total. The molecule has 0 aliphatic carbocycles. The third-order valence-corrected chi connectivity index (χ3v) is 7.58. The average molecular weight is 423 g/mol. The van der Waals surface area contributed by atoms with Crippen LogP contribution in [0.4, 0.5) is 0 Å². The molecule has 3 aromatic rings. The zero-order valence-electron chi connectivity index (χ0n) is 17.3. The van der Waals surface area contributed by atoms with Gasteiger partial charge in [-0.15, -0.1) is 0 Å². The van der Waals surface area contributed by atoms with Crippen molar-refractivity contribution in [3.05, 3.63) is 72.1 Å². The lowest BCUT2D eigenvalue weighted by atomic mass is 9.97. The topological polar surface area (TPSA) is 67.3 Å². The first kappa shape index (κ1) is 20.5. The van der Waals surface area contributed by atoms with Gasteiger partial charge in [-0.05, 0) is 56.7 Å². The molecular weight excluding hydrogens is 396 g/mol. The summed E-state index contributed by atoms with van der Waals surface area (Å²) < 4.78 is 26.3. The van der Waals surface area contributed by atoms with Gasteiger partial charge in [0.2, 0.25) is 0 Å². The van der Waals surface area contributed by atoms with Gasteiger partial charge in [-0.25, -0.2) is 13.4 Å². The molecule has 2 atom stereocenters. The van der Waals surface area contributed by atoms with Crippen LogP contribution in [0.2, 0.25) is 0 Å². The maximum Gasteiger partial charge on any atom is 0.272 e. The number of amides is 1. The minimum atomic E-state index is -3.62. The van der Waals surface area contributed by atoms with Crippen LogP contribution in [-0.2, 0) is 15.6 Å². The summed E-state index contributed by atoms with van der Waals surface area (Å²) in [6, 6.07) is 18.1. The van der Waals surface area contributed by atoms with E-state index in [0.717, 1.165) is 24.6 Å². The average Bonchev–Trinajstić information content (AvgIpc) is 2.73. The van der Waals surface area contributed by atoms with E-state index in [0.29, 0.717) is 16.8 Å². The molecule has 1 aromatic heterocycles. The summed E-state index contributed by atoms with van der Waals surface area (Å²) in [7, 11) is -3.62. The van der Waals surface area contributed by atoms with Crippen molar-refractivity contribution in [2.75, 3.05) is 0 Å². The van der Waals surface area contributed by atoms with Crippen molar-refractivity contribution in [1.29, 1.82) is 0 Å². The van der Waals surface area contributed by atoms with E-state index < -0.39 is 9.84 Å². The summed E-state index contributed by atoms with van der Waals surface area (Å²) in [5, 5.41) is 1.58. The van der Waals surface area contributed by atoms with Crippen molar-refractivity contribution in [2.45, 2.75) is 55.8 Å². The number of piperidine rings is 1. The van der Waals surface area contributed by atoms with Crippen molar-refractivity contribution in [1.82, 2.24) is 9.88 Å². The maximum absolute atomic E-state index is 13.2. The van der Waals surface area contributed by atoms with Crippen LogP contribution in [0.3, 0.4) is 0 Å². The van der Waals surface area contributed by atoms with Crippen molar-refractivity contribution >= 4 is 26.5 Å². The number of carbonyl (C=O) groups is 1. The minimum absolute atomic E-state index is 0.126. The Morgan fingerprint density at radius 2 is 1.63 bits per heavy atom. The van der Waals surface area contributed by atoms with E-state index in [9.17, 15) is 13.2 Å². The first-order valence-corrected chi connectivity index (χ1v) is 12.0. The van der Waals surface area contributed by atoms with Crippen molar-refractivity contribution in [2.24, 2.45) is 0 Å². The highest BCUT2D eigenvalue weighted by Gasteiger charge is 2.30. The van der Waals surface area contributed by atoms with Crippen LogP contribution in [0.5, 0.6) is 0 Å². The fourth-order valence-corrected chi connectivity index (χ4v) is 5.88. The molecule has 2 aromatic carbocycles. The number of rotatable bonds is 4.